The van der Waals surface area contributed by atoms with Gasteiger partial charge in [0.25, 0.3) is 0 Å². The Kier molecular flexibility index (Phi) is 5.75. The van der Waals surface area contributed by atoms with Crippen molar-refractivity contribution in [2.75, 3.05) is 0 Å². The van der Waals surface area contributed by atoms with Crippen molar-refractivity contribution in [3.8, 4) is 0 Å². The molecule has 166 valence electrons. The van der Waals surface area contributed by atoms with Crippen molar-refractivity contribution in [2.24, 2.45) is 40.2 Å². The highest BCUT2D eigenvalue weighted by Crippen LogP contribution is 2.68. The summed E-state index contributed by atoms with van der Waals surface area (Å²) in [5.74, 6) is 2.23. The molecular formula is C26H45NO2. The van der Waals surface area contributed by atoms with Gasteiger partial charge in [0.15, 0.2) is 0 Å². The number of hydrogen-bond donors (Lipinski definition) is 3. The standard InChI is InChI=1S/C26H45NO2/c1-5-6-7-8-17(2)20-9-10-21-23-22(29)16-18-15-19(28)11-12-25(18,4)26(23,27)14-13-24(20,21)3/h16-17,19-23,28-29H,5-15,27H2,1-4H3/t17-,19?,20?,21?,22?,23?,24?,25?,26?/m1/s1. The molecule has 0 radical (unpaired) electrons. The van der Waals surface area contributed by atoms with E-state index in [1.165, 1.54) is 50.5 Å². The summed E-state index contributed by atoms with van der Waals surface area (Å²) < 4.78 is 0. The zero-order valence-electron chi connectivity index (χ0n) is 19.3. The third-order valence-electron chi connectivity index (χ3n) is 10.4. The maximum Gasteiger partial charge on any atom is 0.0772 e. The molecule has 4 N–H and O–H groups in total. The lowest BCUT2D eigenvalue weighted by atomic mass is 9.43. The summed E-state index contributed by atoms with van der Waals surface area (Å²) in [4.78, 5) is 0. The van der Waals surface area contributed by atoms with Crippen LogP contribution in [0.3, 0.4) is 0 Å². The van der Waals surface area contributed by atoms with Crippen LogP contribution >= 0.6 is 0 Å². The van der Waals surface area contributed by atoms with Crippen LogP contribution in [0.4, 0.5) is 0 Å². The highest BCUT2D eigenvalue weighted by molar-refractivity contribution is 5.34. The molecule has 3 nitrogen and oxygen atoms in total. The third-order valence-corrected chi connectivity index (χ3v) is 10.4. The van der Waals surface area contributed by atoms with Gasteiger partial charge in [-0.3, -0.25) is 0 Å². The van der Waals surface area contributed by atoms with Gasteiger partial charge in [-0.05, 0) is 68.1 Å². The number of rotatable bonds is 5. The van der Waals surface area contributed by atoms with Crippen LogP contribution in [0, 0.1) is 34.5 Å². The molecule has 0 aromatic heterocycles. The second-order valence-electron chi connectivity index (χ2n) is 11.7. The van der Waals surface area contributed by atoms with Gasteiger partial charge in [0, 0.05) is 16.9 Å². The Labute approximate surface area is 178 Å². The van der Waals surface area contributed by atoms with Gasteiger partial charge in [-0.2, -0.15) is 0 Å². The minimum Gasteiger partial charge on any atom is -0.393 e. The predicted molar refractivity (Wildman–Crippen MR) is 119 cm³/mol. The van der Waals surface area contributed by atoms with Crippen molar-refractivity contribution in [3.05, 3.63) is 11.6 Å². The monoisotopic (exact) mass is 403 g/mol. The van der Waals surface area contributed by atoms with Gasteiger partial charge in [-0.15, -0.1) is 0 Å². The van der Waals surface area contributed by atoms with Crippen molar-refractivity contribution in [3.63, 3.8) is 0 Å². The molecule has 9 atom stereocenters. The normalized spacial score (nSPS) is 50.3. The molecule has 0 heterocycles. The fraction of sp³-hybridized carbons (Fsp3) is 0.923. The summed E-state index contributed by atoms with van der Waals surface area (Å²) in [6.07, 6.45) is 14.0. The Balaban J connectivity index is 1.62. The van der Waals surface area contributed by atoms with E-state index in [0.717, 1.165) is 31.1 Å². The van der Waals surface area contributed by atoms with E-state index in [1.807, 2.05) is 0 Å². The first-order chi connectivity index (χ1) is 13.7. The van der Waals surface area contributed by atoms with E-state index >= 15 is 0 Å². The largest absolute Gasteiger partial charge is 0.393 e. The minimum atomic E-state index is -0.452. The number of fused-ring (bicyclic) bond motifs is 5. The molecule has 8 unspecified atom stereocenters. The van der Waals surface area contributed by atoms with Crippen molar-refractivity contribution < 1.29 is 10.2 Å². The van der Waals surface area contributed by atoms with Gasteiger partial charge in [0.05, 0.1) is 12.2 Å². The van der Waals surface area contributed by atoms with Gasteiger partial charge in [-0.1, -0.05) is 65.0 Å². The lowest BCUT2D eigenvalue weighted by Crippen LogP contribution is -2.70. The molecule has 4 aliphatic carbocycles. The zero-order valence-corrected chi connectivity index (χ0v) is 19.3. The summed E-state index contributed by atoms with van der Waals surface area (Å²) in [5, 5.41) is 21.6. The van der Waals surface area contributed by atoms with Crippen molar-refractivity contribution >= 4 is 0 Å². The molecule has 0 aliphatic heterocycles. The lowest BCUT2D eigenvalue weighted by Gasteiger charge is -2.65. The SMILES string of the molecule is CCCCC[C@@H](C)C1CCC2C3C(O)C=C4CC(O)CCC4(C)C3(N)CCC21C. The van der Waals surface area contributed by atoms with Crippen LogP contribution < -0.4 is 5.73 Å². The zero-order chi connectivity index (χ0) is 21.0. The summed E-state index contributed by atoms with van der Waals surface area (Å²) in [6.45, 7) is 9.64. The first-order valence-electron chi connectivity index (χ1n) is 12.5. The van der Waals surface area contributed by atoms with Gasteiger partial charge >= 0.3 is 0 Å². The Morgan fingerprint density at radius 2 is 1.86 bits per heavy atom. The summed E-state index contributed by atoms with van der Waals surface area (Å²) in [6, 6.07) is 0. The molecule has 0 bridgehead atoms. The van der Waals surface area contributed by atoms with Crippen LogP contribution in [0.5, 0.6) is 0 Å². The molecule has 3 fully saturated rings. The molecule has 29 heavy (non-hydrogen) atoms. The Morgan fingerprint density at radius 1 is 1.10 bits per heavy atom. The quantitative estimate of drug-likeness (QED) is 0.437. The maximum atomic E-state index is 11.3. The number of unbranched alkanes of at least 4 members (excludes halogenated alkanes) is 2. The summed E-state index contributed by atoms with van der Waals surface area (Å²) in [5.41, 5.74) is 8.49. The third kappa shape index (κ3) is 3.17. The second-order valence-corrected chi connectivity index (χ2v) is 11.7. The van der Waals surface area contributed by atoms with Crippen LogP contribution in [0.2, 0.25) is 0 Å². The summed E-state index contributed by atoms with van der Waals surface area (Å²) >= 11 is 0. The first-order valence-corrected chi connectivity index (χ1v) is 12.5. The maximum absolute atomic E-state index is 11.3. The topological polar surface area (TPSA) is 66.5 Å². The van der Waals surface area contributed by atoms with Crippen LogP contribution in [0.1, 0.15) is 98.3 Å². The van der Waals surface area contributed by atoms with Gasteiger partial charge < -0.3 is 15.9 Å². The average molecular weight is 404 g/mol. The Morgan fingerprint density at radius 3 is 2.59 bits per heavy atom. The van der Waals surface area contributed by atoms with Crippen molar-refractivity contribution in [1.29, 1.82) is 0 Å². The number of hydrogen-bond acceptors (Lipinski definition) is 3. The molecule has 4 rings (SSSR count). The van der Waals surface area contributed by atoms with E-state index in [4.69, 9.17) is 5.73 Å². The molecule has 0 amide bonds. The van der Waals surface area contributed by atoms with Crippen molar-refractivity contribution in [2.45, 2.75) is 116 Å². The highest BCUT2D eigenvalue weighted by atomic mass is 16.3. The van der Waals surface area contributed by atoms with E-state index in [0.29, 0.717) is 17.8 Å². The lowest BCUT2D eigenvalue weighted by molar-refractivity contribution is -0.113. The molecule has 0 aromatic carbocycles. The molecule has 3 heteroatoms. The molecule has 0 spiro atoms. The smallest absolute Gasteiger partial charge is 0.0772 e. The Hall–Kier alpha value is -0.380. The Bertz CT molecular complexity index is 647. The van der Waals surface area contributed by atoms with Gasteiger partial charge in [-0.25, -0.2) is 0 Å². The molecule has 4 aliphatic rings. The fourth-order valence-corrected chi connectivity index (χ4v) is 8.58. The fourth-order valence-electron chi connectivity index (χ4n) is 8.58. The molecule has 3 saturated carbocycles. The van der Waals surface area contributed by atoms with E-state index in [9.17, 15) is 10.2 Å². The predicted octanol–water partition coefficient (Wildman–Crippen LogP) is 5.19. The number of nitrogens with two attached hydrogens (primary N) is 1. The molecule has 0 saturated heterocycles. The van der Waals surface area contributed by atoms with E-state index in [1.54, 1.807) is 0 Å². The van der Waals surface area contributed by atoms with E-state index in [-0.39, 0.29) is 23.0 Å². The van der Waals surface area contributed by atoms with Crippen LogP contribution in [-0.4, -0.2) is 28.0 Å². The number of aliphatic hydroxyl groups is 2. The van der Waals surface area contributed by atoms with Gasteiger partial charge in [0.1, 0.15) is 0 Å². The second kappa shape index (κ2) is 7.64. The van der Waals surface area contributed by atoms with E-state index < -0.39 is 6.10 Å². The van der Waals surface area contributed by atoms with E-state index in [2.05, 4.69) is 33.8 Å². The van der Waals surface area contributed by atoms with Crippen LogP contribution in [-0.2, 0) is 0 Å². The molecular weight excluding hydrogens is 358 g/mol. The molecule has 0 aromatic rings. The first kappa shape index (κ1) is 21.8. The van der Waals surface area contributed by atoms with Crippen LogP contribution in [0.25, 0.3) is 0 Å². The van der Waals surface area contributed by atoms with Gasteiger partial charge in [0.2, 0.25) is 0 Å². The van der Waals surface area contributed by atoms with Crippen LogP contribution in [0.15, 0.2) is 11.6 Å². The minimum absolute atomic E-state index is 0.0672. The van der Waals surface area contributed by atoms with Crippen molar-refractivity contribution in [1.82, 2.24) is 0 Å². The average Bonchev–Trinajstić information content (AvgIpc) is 3.01. The summed E-state index contributed by atoms with van der Waals surface area (Å²) in [7, 11) is 0. The highest BCUT2D eigenvalue weighted by Gasteiger charge is 2.66. The number of aliphatic hydroxyl groups excluding tert-OH is 2.